The first-order valence-electron chi connectivity index (χ1n) is 6.03. The zero-order valence-electron chi connectivity index (χ0n) is 10.4. The second-order valence-corrected chi connectivity index (χ2v) is 4.64. The van der Waals surface area contributed by atoms with Crippen LogP contribution in [0.3, 0.4) is 0 Å². The summed E-state index contributed by atoms with van der Waals surface area (Å²) >= 11 is 0. The highest BCUT2D eigenvalue weighted by Gasteiger charge is 2.24. The van der Waals surface area contributed by atoms with E-state index in [2.05, 4.69) is 6.92 Å². The predicted octanol–water partition coefficient (Wildman–Crippen LogP) is 3.49. The number of halogens is 1. The molecule has 90 valence electrons. The molecule has 0 fully saturated rings. The summed E-state index contributed by atoms with van der Waals surface area (Å²) in [6, 6.07) is 7.76. The van der Waals surface area contributed by atoms with Gasteiger partial charge in [-0.1, -0.05) is 45.0 Å². The summed E-state index contributed by atoms with van der Waals surface area (Å²) in [6.07, 6.45) is 0.0396. The summed E-state index contributed by atoms with van der Waals surface area (Å²) in [5, 5.41) is 0. The van der Waals surface area contributed by atoms with Crippen LogP contribution in [0, 0.1) is 11.8 Å². The molecule has 2 unspecified atom stereocenters. The van der Waals surface area contributed by atoms with Gasteiger partial charge in [0.05, 0.1) is 0 Å². The molecule has 0 amide bonds. The summed E-state index contributed by atoms with van der Waals surface area (Å²) in [7, 11) is 0. The van der Waals surface area contributed by atoms with E-state index >= 15 is 0 Å². The first-order valence-corrected chi connectivity index (χ1v) is 6.03. The van der Waals surface area contributed by atoms with Gasteiger partial charge in [0, 0.05) is 5.92 Å². The molecular formula is C14H22FN. The van der Waals surface area contributed by atoms with Gasteiger partial charge in [-0.15, -0.1) is 0 Å². The molecule has 0 aliphatic carbocycles. The highest BCUT2D eigenvalue weighted by molar-refractivity contribution is 5.24. The van der Waals surface area contributed by atoms with Crippen LogP contribution >= 0.6 is 0 Å². The van der Waals surface area contributed by atoms with Crippen LogP contribution in [0.4, 0.5) is 4.39 Å². The molecule has 0 aliphatic rings. The van der Waals surface area contributed by atoms with Crippen LogP contribution in [0.15, 0.2) is 24.3 Å². The Kier molecular flexibility index (Phi) is 4.94. The molecule has 0 saturated carbocycles. The molecule has 2 heteroatoms. The van der Waals surface area contributed by atoms with Gasteiger partial charge in [0.25, 0.3) is 0 Å². The third-order valence-corrected chi connectivity index (χ3v) is 3.21. The second kappa shape index (κ2) is 6.00. The van der Waals surface area contributed by atoms with Gasteiger partial charge in [-0.3, -0.25) is 0 Å². The maximum Gasteiger partial charge on any atom is 0.129 e. The number of benzene rings is 1. The van der Waals surface area contributed by atoms with Gasteiger partial charge >= 0.3 is 0 Å². The summed E-state index contributed by atoms with van der Waals surface area (Å²) in [4.78, 5) is 0. The number of rotatable bonds is 5. The molecule has 0 aliphatic heterocycles. The average molecular weight is 223 g/mol. The zero-order valence-corrected chi connectivity index (χ0v) is 10.4. The number of hydrogen-bond donors (Lipinski definition) is 1. The van der Waals surface area contributed by atoms with Crippen molar-refractivity contribution in [3.8, 4) is 0 Å². The van der Waals surface area contributed by atoms with Gasteiger partial charge < -0.3 is 5.73 Å². The summed E-state index contributed by atoms with van der Waals surface area (Å²) in [5.74, 6) is 0.179. The summed E-state index contributed by atoms with van der Waals surface area (Å²) in [5.41, 5.74) is 7.62. The topological polar surface area (TPSA) is 26.0 Å². The highest BCUT2D eigenvalue weighted by atomic mass is 19.1. The van der Waals surface area contributed by atoms with Gasteiger partial charge in [-0.25, -0.2) is 4.39 Å². The monoisotopic (exact) mass is 223 g/mol. The van der Waals surface area contributed by atoms with Gasteiger partial charge in [0.2, 0.25) is 0 Å². The lowest BCUT2D eigenvalue weighted by atomic mass is 9.87. The maximum absolute atomic E-state index is 14.2. The molecule has 0 radical (unpaired) electrons. The summed E-state index contributed by atoms with van der Waals surface area (Å²) in [6.45, 7) is 6.53. The van der Waals surface area contributed by atoms with Crippen molar-refractivity contribution in [1.29, 1.82) is 0 Å². The van der Waals surface area contributed by atoms with Crippen LogP contribution in [-0.2, 0) is 6.42 Å². The van der Waals surface area contributed by atoms with Crippen LogP contribution in [0.1, 0.15) is 38.1 Å². The lowest BCUT2D eigenvalue weighted by molar-refractivity contribution is 0.188. The SMILES string of the molecule is CCc1ccc(C(F)C(CN)C(C)C)cc1. The van der Waals surface area contributed by atoms with E-state index < -0.39 is 6.17 Å². The van der Waals surface area contributed by atoms with Crippen molar-refractivity contribution in [2.24, 2.45) is 17.6 Å². The molecule has 1 aromatic carbocycles. The maximum atomic E-state index is 14.2. The molecule has 0 aromatic heterocycles. The van der Waals surface area contributed by atoms with Crippen molar-refractivity contribution in [2.75, 3.05) is 6.54 Å². The molecular weight excluding hydrogens is 201 g/mol. The van der Waals surface area contributed by atoms with Crippen molar-refractivity contribution < 1.29 is 4.39 Å². The van der Waals surface area contributed by atoms with Gasteiger partial charge in [0.15, 0.2) is 0 Å². The fourth-order valence-corrected chi connectivity index (χ4v) is 1.91. The van der Waals surface area contributed by atoms with E-state index in [1.54, 1.807) is 0 Å². The normalized spacial score (nSPS) is 15.1. The molecule has 1 aromatic rings. The number of aryl methyl sites for hydroxylation is 1. The molecule has 2 N–H and O–H groups in total. The Morgan fingerprint density at radius 2 is 1.75 bits per heavy atom. The van der Waals surface area contributed by atoms with E-state index in [9.17, 15) is 4.39 Å². The molecule has 16 heavy (non-hydrogen) atoms. The van der Waals surface area contributed by atoms with Crippen molar-refractivity contribution in [3.05, 3.63) is 35.4 Å². The van der Waals surface area contributed by atoms with E-state index in [0.29, 0.717) is 6.54 Å². The molecule has 1 nitrogen and oxygen atoms in total. The quantitative estimate of drug-likeness (QED) is 0.812. The Hall–Kier alpha value is -0.890. The molecule has 1 rings (SSSR count). The van der Waals surface area contributed by atoms with E-state index in [1.807, 2.05) is 38.1 Å². The second-order valence-electron chi connectivity index (χ2n) is 4.64. The Balaban J connectivity index is 2.82. The summed E-state index contributed by atoms with van der Waals surface area (Å²) < 4.78 is 14.2. The van der Waals surface area contributed by atoms with Crippen LogP contribution in [0.5, 0.6) is 0 Å². The van der Waals surface area contributed by atoms with Gasteiger partial charge in [-0.2, -0.15) is 0 Å². The number of nitrogens with two attached hydrogens (primary N) is 1. The first kappa shape index (κ1) is 13.2. The largest absolute Gasteiger partial charge is 0.330 e. The lowest BCUT2D eigenvalue weighted by Gasteiger charge is -2.23. The molecule has 0 heterocycles. The molecule has 0 bridgehead atoms. The Labute approximate surface area is 97.9 Å². The van der Waals surface area contributed by atoms with Crippen LogP contribution in [-0.4, -0.2) is 6.54 Å². The Morgan fingerprint density at radius 3 is 2.12 bits per heavy atom. The third-order valence-electron chi connectivity index (χ3n) is 3.21. The molecule has 0 spiro atoms. The number of alkyl halides is 1. The van der Waals surface area contributed by atoms with Gasteiger partial charge in [-0.05, 0) is 30.0 Å². The van der Waals surface area contributed by atoms with Crippen LogP contribution in [0.2, 0.25) is 0 Å². The smallest absolute Gasteiger partial charge is 0.129 e. The van der Waals surface area contributed by atoms with Crippen molar-refractivity contribution >= 4 is 0 Å². The lowest BCUT2D eigenvalue weighted by Crippen LogP contribution is -2.24. The van der Waals surface area contributed by atoms with Crippen molar-refractivity contribution in [2.45, 2.75) is 33.4 Å². The Bertz CT molecular complexity index is 305. The molecule has 2 atom stereocenters. The van der Waals surface area contributed by atoms with E-state index in [0.717, 1.165) is 12.0 Å². The fraction of sp³-hybridized carbons (Fsp3) is 0.571. The minimum absolute atomic E-state index is 0.0903. The van der Waals surface area contributed by atoms with Crippen molar-refractivity contribution in [1.82, 2.24) is 0 Å². The van der Waals surface area contributed by atoms with Crippen LogP contribution < -0.4 is 5.73 Å². The fourth-order valence-electron chi connectivity index (χ4n) is 1.91. The minimum atomic E-state index is -0.948. The molecule has 0 saturated heterocycles. The zero-order chi connectivity index (χ0) is 12.1. The highest BCUT2D eigenvalue weighted by Crippen LogP contribution is 2.30. The first-order chi connectivity index (χ1) is 7.60. The van der Waals surface area contributed by atoms with Gasteiger partial charge in [0.1, 0.15) is 6.17 Å². The standard InChI is InChI=1S/C14H22FN/c1-4-11-5-7-12(8-6-11)14(15)13(9-16)10(2)3/h5-8,10,13-14H,4,9,16H2,1-3H3. The Morgan fingerprint density at radius 1 is 1.19 bits per heavy atom. The third kappa shape index (κ3) is 3.05. The average Bonchev–Trinajstić information content (AvgIpc) is 2.29. The minimum Gasteiger partial charge on any atom is -0.330 e. The van der Waals surface area contributed by atoms with Crippen LogP contribution in [0.25, 0.3) is 0 Å². The van der Waals surface area contributed by atoms with E-state index in [1.165, 1.54) is 5.56 Å². The van der Waals surface area contributed by atoms with Crippen molar-refractivity contribution in [3.63, 3.8) is 0 Å². The number of hydrogen-bond acceptors (Lipinski definition) is 1. The van der Waals surface area contributed by atoms with E-state index in [4.69, 9.17) is 5.73 Å². The predicted molar refractivity (Wildman–Crippen MR) is 67.1 cm³/mol. The van der Waals surface area contributed by atoms with E-state index in [-0.39, 0.29) is 11.8 Å².